The van der Waals surface area contributed by atoms with Gasteiger partial charge in [-0.25, -0.2) is 14.2 Å². The van der Waals surface area contributed by atoms with Gasteiger partial charge < -0.3 is 4.57 Å². The first-order valence-electron chi connectivity index (χ1n) is 6.45. The van der Waals surface area contributed by atoms with E-state index in [4.69, 9.17) is 0 Å². The van der Waals surface area contributed by atoms with Crippen molar-refractivity contribution in [1.82, 2.24) is 18.7 Å². The molecule has 0 amide bonds. The van der Waals surface area contributed by atoms with Crippen LogP contribution in [0, 0.1) is 5.82 Å². The second-order valence-corrected chi connectivity index (χ2v) is 5.90. The molecule has 0 radical (unpaired) electrons. The molecule has 0 saturated heterocycles. The zero-order chi connectivity index (χ0) is 16.0. The van der Waals surface area contributed by atoms with Crippen molar-refractivity contribution < 1.29 is 4.39 Å². The van der Waals surface area contributed by atoms with Gasteiger partial charge in [0.1, 0.15) is 5.82 Å². The number of halogens is 2. The molecule has 114 valence electrons. The molecule has 0 atom stereocenters. The molecule has 1 aromatic carbocycles. The van der Waals surface area contributed by atoms with Crippen molar-refractivity contribution in [2.75, 3.05) is 0 Å². The number of fused-ring (bicyclic) bond motifs is 1. The van der Waals surface area contributed by atoms with E-state index in [2.05, 4.69) is 20.9 Å². The van der Waals surface area contributed by atoms with Crippen molar-refractivity contribution in [2.45, 2.75) is 6.54 Å². The third kappa shape index (κ3) is 2.19. The van der Waals surface area contributed by atoms with E-state index in [0.29, 0.717) is 10.0 Å². The fraction of sp³-hybridized carbons (Fsp3) is 0.214. The molecule has 3 rings (SSSR count). The summed E-state index contributed by atoms with van der Waals surface area (Å²) in [5.41, 5.74) is 0.0848. The first-order valence-corrected chi connectivity index (χ1v) is 7.24. The lowest BCUT2D eigenvalue weighted by Crippen LogP contribution is -2.37. The van der Waals surface area contributed by atoms with Gasteiger partial charge in [-0.15, -0.1) is 0 Å². The summed E-state index contributed by atoms with van der Waals surface area (Å²) in [6, 6.07) is 4.73. The highest BCUT2D eigenvalue weighted by Gasteiger charge is 2.15. The van der Waals surface area contributed by atoms with Gasteiger partial charge >= 0.3 is 5.69 Å². The van der Waals surface area contributed by atoms with Crippen LogP contribution in [0.1, 0.15) is 5.56 Å². The van der Waals surface area contributed by atoms with E-state index in [-0.39, 0.29) is 23.5 Å². The molecular formula is C14H12BrFN4O2. The van der Waals surface area contributed by atoms with Crippen LogP contribution in [0.5, 0.6) is 0 Å². The minimum Gasteiger partial charge on any atom is -0.320 e. The van der Waals surface area contributed by atoms with Crippen molar-refractivity contribution >= 4 is 27.1 Å². The third-order valence-corrected chi connectivity index (χ3v) is 4.07. The molecular weight excluding hydrogens is 355 g/mol. The molecule has 0 N–H and O–H groups in total. The van der Waals surface area contributed by atoms with Gasteiger partial charge in [0.2, 0.25) is 0 Å². The number of hydrogen-bond acceptors (Lipinski definition) is 3. The van der Waals surface area contributed by atoms with Crippen molar-refractivity contribution in [3.63, 3.8) is 0 Å². The van der Waals surface area contributed by atoms with Gasteiger partial charge in [0, 0.05) is 24.1 Å². The summed E-state index contributed by atoms with van der Waals surface area (Å²) >= 11 is 3.20. The number of imidazole rings is 1. The molecule has 0 bridgehead atoms. The summed E-state index contributed by atoms with van der Waals surface area (Å²) in [6.07, 6.45) is 1.44. The highest BCUT2D eigenvalue weighted by Crippen LogP contribution is 2.17. The predicted molar refractivity (Wildman–Crippen MR) is 83.4 cm³/mol. The van der Waals surface area contributed by atoms with E-state index in [1.54, 1.807) is 23.7 Å². The van der Waals surface area contributed by atoms with Crippen molar-refractivity contribution in [1.29, 1.82) is 0 Å². The smallest absolute Gasteiger partial charge is 0.320 e. The summed E-state index contributed by atoms with van der Waals surface area (Å²) in [6.45, 7) is 0.156. The molecule has 2 heterocycles. The molecule has 0 unspecified atom stereocenters. The van der Waals surface area contributed by atoms with E-state index in [0.717, 1.165) is 4.57 Å². The molecule has 0 spiro atoms. The lowest BCUT2D eigenvalue weighted by Gasteiger charge is -2.08. The normalized spacial score (nSPS) is 11.3. The Kier molecular flexibility index (Phi) is 3.48. The summed E-state index contributed by atoms with van der Waals surface area (Å²) in [5, 5.41) is 0. The maximum absolute atomic E-state index is 14.0. The van der Waals surface area contributed by atoms with Crippen molar-refractivity contribution in [3.05, 3.63) is 61.2 Å². The molecule has 3 aromatic rings. The van der Waals surface area contributed by atoms with E-state index in [9.17, 15) is 14.0 Å². The van der Waals surface area contributed by atoms with Gasteiger partial charge in [-0.05, 0) is 12.1 Å². The number of hydrogen-bond donors (Lipinski definition) is 0. The highest BCUT2D eigenvalue weighted by atomic mass is 79.9. The van der Waals surface area contributed by atoms with E-state index >= 15 is 0 Å². The Hall–Kier alpha value is -2.22. The first-order chi connectivity index (χ1) is 10.4. The van der Waals surface area contributed by atoms with E-state index in [1.807, 2.05) is 0 Å². The first kappa shape index (κ1) is 14.7. The van der Waals surface area contributed by atoms with Gasteiger partial charge in [-0.2, -0.15) is 0 Å². The fourth-order valence-corrected chi connectivity index (χ4v) is 2.68. The molecule has 0 saturated carbocycles. The van der Waals surface area contributed by atoms with Crippen LogP contribution < -0.4 is 11.2 Å². The van der Waals surface area contributed by atoms with Gasteiger partial charge in [-0.1, -0.05) is 22.0 Å². The van der Waals surface area contributed by atoms with Crippen LogP contribution in [-0.2, 0) is 20.6 Å². The van der Waals surface area contributed by atoms with Crippen molar-refractivity contribution in [2.24, 2.45) is 14.1 Å². The predicted octanol–water partition coefficient (Wildman–Crippen LogP) is 1.38. The summed E-state index contributed by atoms with van der Waals surface area (Å²) < 4.78 is 18.5. The number of nitrogens with zero attached hydrogens (tertiary/aromatic N) is 4. The summed E-state index contributed by atoms with van der Waals surface area (Å²) in [4.78, 5) is 28.3. The number of benzene rings is 1. The maximum atomic E-state index is 14.0. The molecule has 0 fully saturated rings. The number of aryl methyl sites for hydroxylation is 1. The minimum absolute atomic E-state index is 0.156. The fourth-order valence-electron chi connectivity index (χ4n) is 2.35. The molecule has 8 heteroatoms. The number of rotatable bonds is 2. The molecule has 0 aliphatic rings. The number of aromatic nitrogens is 4. The Morgan fingerprint density at radius 1 is 1.23 bits per heavy atom. The Balaban J connectivity index is 2.21. The second-order valence-electron chi connectivity index (χ2n) is 4.99. The van der Waals surface area contributed by atoms with E-state index < -0.39 is 11.2 Å². The van der Waals surface area contributed by atoms with Crippen LogP contribution in [0.25, 0.3) is 11.2 Å². The van der Waals surface area contributed by atoms with Crippen LogP contribution in [0.3, 0.4) is 0 Å². The highest BCUT2D eigenvalue weighted by molar-refractivity contribution is 9.10. The van der Waals surface area contributed by atoms with Crippen LogP contribution in [-0.4, -0.2) is 18.7 Å². The minimum atomic E-state index is -0.451. The monoisotopic (exact) mass is 366 g/mol. The van der Waals surface area contributed by atoms with Crippen molar-refractivity contribution in [3.8, 4) is 0 Å². The topological polar surface area (TPSA) is 61.8 Å². The third-order valence-electron chi connectivity index (χ3n) is 3.57. The second kappa shape index (κ2) is 5.20. The summed E-state index contributed by atoms with van der Waals surface area (Å²) in [5.74, 6) is -0.377. The van der Waals surface area contributed by atoms with Gasteiger partial charge in [0.25, 0.3) is 5.56 Å². The SMILES string of the molecule is Cn1c(=O)c2c(ncn2Cc2ccc(Br)cc2F)n(C)c1=O. The lowest BCUT2D eigenvalue weighted by atomic mass is 10.2. The largest absolute Gasteiger partial charge is 0.332 e. The van der Waals surface area contributed by atoms with Crippen LogP contribution >= 0.6 is 15.9 Å². The zero-order valence-corrected chi connectivity index (χ0v) is 13.5. The van der Waals surface area contributed by atoms with Gasteiger partial charge in [-0.3, -0.25) is 13.9 Å². The van der Waals surface area contributed by atoms with Gasteiger partial charge in [0.15, 0.2) is 11.2 Å². The molecule has 22 heavy (non-hydrogen) atoms. The standard InChI is InChI=1S/C14H12BrFN4O2/c1-18-12-11(13(21)19(2)14(18)22)20(7-17-12)6-8-3-4-9(15)5-10(8)16/h3-5,7H,6H2,1-2H3. The Morgan fingerprint density at radius 2 is 1.95 bits per heavy atom. The molecule has 0 aliphatic heterocycles. The van der Waals surface area contributed by atoms with E-state index in [1.165, 1.54) is 24.0 Å². The maximum Gasteiger partial charge on any atom is 0.332 e. The van der Waals surface area contributed by atoms with Gasteiger partial charge in [0.05, 0.1) is 12.9 Å². The Labute approximate surface area is 132 Å². The van der Waals surface area contributed by atoms with Crippen LogP contribution in [0.15, 0.2) is 38.6 Å². The zero-order valence-electron chi connectivity index (χ0n) is 11.9. The summed E-state index contributed by atoms with van der Waals surface area (Å²) in [7, 11) is 2.95. The Bertz CT molecular complexity index is 1000. The van der Waals surface area contributed by atoms with Crippen LogP contribution in [0.4, 0.5) is 4.39 Å². The average Bonchev–Trinajstić information content (AvgIpc) is 2.89. The molecule has 2 aromatic heterocycles. The Morgan fingerprint density at radius 3 is 2.64 bits per heavy atom. The lowest BCUT2D eigenvalue weighted by molar-refractivity contribution is 0.600. The molecule has 0 aliphatic carbocycles. The quantitative estimate of drug-likeness (QED) is 0.688. The average molecular weight is 367 g/mol. The molecule has 6 nitrogen and oxygen atoms in total. The van der Waals surface area contributed by atoms with Crippen LogP contribution in [0.2, 0.25) is 0 Å².